The first kappa shape index (κ1) is 12.5. The summed E-state index contributed by atoms with van der Waals surface area (Å²) in [7, 11) is -2.31. The predicted molar refractivity (Wildman–Crippen MR) is 47.2 cm³/mol. The van der Waals surface area contributed by atoms with E-state index in [0.717, 1.165) is 0 Å². The van der Waals surface area contributed by atoms with Crippen molar-refractivity contribution < 1.29 is 18.0 Å². The smallest absolute Gasteiger partial charge is 0.269 e. The molecule has 0 spiro atoms. The topological polar surface area (TPSA) is 43.1 Å². The minimum atomic E-state index is -3.13. The zero-order chi connectivity index (χ0) is 10.8. The highest BCUT2D eigenvalue weighted by molar-refractivity contribution is 6.80. The molecule has 0 heterocycles. The van der Waals surface area contributed by atoms with Crippen molar-refractivity contribution in [3.63, 3.8) is 0 Å². The molecule has 1 amide bonds. The molecule has 0 rings (SSSR count). The van der Waals surface area contributed by atoms with Crippen LogP contribution in [0.25, 0.3) is 0 Å². The molecule has 0 fully saturated rings. The third-order valence-corrected chi connectivity index (χ3v) is 4.27. The van der Waals surface area contributed by atoms with Gasteiger partial charge in [-0.15, -0.1) is 0 Å². The molecule has 0 bridgehead atoms. The van der Waals surface area contributed by atoms with Crippen molar-refractivity contribution in [1.82, 2.24) is 0 Å². The number of alkyl halides is 3. The first-order valence-corrected chi connectivity index (χ1v) is 7.47. The minimum absolute atomic E-state index is 0.966. The molecule has 2 N–H and O–H groups in total. The first-order chi connectivity index (χ1) is 5.68. The lowest BCUT2D eigenvalue weighted by Crippen LogP contribution is -2.45. The van der Waals surface area contributed by atoms with E-state index >= 15 is 0 Å². The molecule has 0 aromatic rings. The molecule has 2 atom stereocenters. The Balaban J connectivity index is 4.72. The van der Waals surface area contributed by atoms with Crippen LogP contribution in [0, 0.1) is 0 Å². The fourth-order valence-electron chi connectivity index (χ4n) is 1.21. The van der Waals surface area contributed by atoms with E-state index in [4.69, 9.17) is 5.73 Å². The molecule has 2 unspecified atom stereocenters. The third-order valence-electron chi connectivity index (χ3n) is 1.80. The Bertz CT molecular complexity index is 193. The van der Waals surface area contributed by atoms with Crippen molar-refractivity contribution in [2.24, 2.45) is 5.73 Å². The molecule has 0 aliphatic carbocycles. The van der Waals surface area contributed by atoms with Gasteiger partial charge in [0.1, 0.15) is 0 Å². The summed E-state index contributed by atoms with van der Waals surface area (Å²) < 4.78 is 36.9. The predicted octanol–water partition coefficient (Wildman–Crippen LogP) is 1.78. The van der Waals surface area contributed by atoms with Crippen LogP contribution >= 0.6 is 0 Å². The van der Waals surface area contributed by atoms with E-state index in [-0.39, 0.29) is 0 Å². The highest BCUT2D eigenvalue weighted by Crippen LogP contribution is 2.30. The largest absolute Gasteiger partial charge is 0.370 e. The van der Waals surface area contributed by atoms with E-state index in [1.165, 1.54) is 0 Å². The van der Waals surface area contributed by atoms with Crippen LogP contribution in [-0.2, 0) is 4.79 Å². The first-order valence-electron chi connectivity index (χ1n) is 3.89. The van der Waals surface area contributed by atoms with E-state index in [1.807, 2.05) is 0 Å². The van der Waals surface area contributed by atoms with Crippen LogP contribution in [0.3, 0.4) is 0 Å². The van der Waals surface area contributed by atoms with E-state index in [0.29, 0.717) is 0 Å². The standard InChI is InChI=1S/C7H14F3NOSi/c1-13(2,3)5(7(11)12)4(8)6(9)10/h4-6H,1-3H3,(H2,11,12). The van der Waals surface area contributed by atoms with E-state index in [2.05, 4.69) is 0 Å². The Morgan fingerprint density at radius 1 is 1.23 bits per heavy atom. The Morgan fingerprint density at radius 3 is 1.69 bits per heavy atom. The molecule has 0 aliphatic heterocycles. The lowest BCUT2D eigenvalue weighted by atomic mass is 10.2. The second-order valence-electron chi connectivity index (χ2n) is 4.02. The molecule has 0 aliphatic rings. The molecule has 2 nitrogen and oxygen atoms in total. The van der Waals surface area contributed by atoms with Crippen molar-refractivity contribution >= 4 is 14.0 Å². The van der Waals surface area contributed by atoms with E-state index in [9.17, 15) is 18.0 Å². The molecule has 0 aromatic heterocycles. The Kier molecular flexibility index (Phi) is 3.96. The maximum Gasteiger partial charge on any atom is 0.269 e. The lowest BCUT2D eigenvalue weighted by molar-refractivity contribution is -0.120. The number of rotatable bonds is 4. The number of nitrogens with two attached hydrogens (primary N) is 1. The zero-order valence-corrected chi connectivity index (χ0v) is 8.85. The SMILES string of the molecule is C[Si](C)(C)C(C(N)=O)C(F)C(F)F. The normalized spacial score (nSPS) is 17.2. The highest BCUT2D eigenvalue weighted by atomic mass is 28.3. The van der Waals surface area contributed by atoms with Gasteiger partial charge in [-0.05, 0) is 0 Å². The zero-order valence-electron chi connectivity index (χ0n) is 7.85. The van der Waals surface area contributed by atoms with Crippen molar-refractivity contribution in [2.75, 3.05) is 0 Å². The number of amides is 1. The second-order valence-corrected chi connectivity index (χ2v) is 9.38. The number of carbonyl (C=O) groups is 1. The van der Waals surface area contributed by atoms with Crippen molar-refractivity contribution in [1.29, 1.82) is 0 Å². The fraction of sp³-hybridized carbons (Fsp3) is 0.857. The number of hydrogen-bond acceptors (Lipinski definition) is 1. The number of halogens is 3. The Labute approximate surface area is 76.3 Å². The van der Waals surface area contributed by atoms with Gasteiger partial charge >= 0.3 is 0 Å². The van der Waals surface area contributed by atoms with Gasteiger partial charge in [0.2, 0.25) is 5.91 Å². The Morgan fingerprint density at radius 2 is 1.62 bits per heavy atom. The molecule has 0 saturated heterocycles. The van der Waals surface area contributed by atoms with Gasteiger partial charge in [-0.3, -0.25) is 4.79 Å². The van der Waals surface area contributed by atoms with Gasteiger partial charge in [-0.25, -0.2) is 13.2 Å². The minimum Gasteiger partial charge on any atom is -0.370 e. The molecule has 6 heteroatoms. The lowest BCUT2D eigenvalue weighted by Gasteiger charge is -2.28. The third kappa shape index (κ3) is 3.37. The van der Waals surface area contributed by atoms with Crippen molar-refractivity contribution in [3.8, 4) is 0 Å². The van der Waals surface area contributed by atoms with Gasteiger partial charge < -0.3 is 5.73 Å². The summed E-state index contributed by atoms with van der Waals surface area (Å²) >= 11 is 0. The molecule has 13 heavy (non-hydrogen) atoms. The molecule has 0 radical (unpaired) electrons. The number of carbonyl (C=O) groups excluding carboxylic acids is 1. The average molecular weight is 213 g/mol. The molecule has 0 saturated carbocycles. The fourth-order valence-corrected chi connectivity index (χ4v) is 3.16. The Hall–Kier alpha value is -0.523. The van der Waals surface area contributed by atoms with Crippen LogP contribution in [0.2, 0.25) is 25.2 Å². The average Bonchev–Trinajstić information content (AvgIpc) is 1.82. The van der Waals surface area contributed by atoms with Gasteiger partial charge in [0.15, 0.2) is 6.17 Å². The number of primary amides is 1. The van der Waals surface area contributed by atoms with Crippen LogP contribution in [0.1, 0.15) is 0 Å². The summed E-state index contributed by atoms with van der Waals surface area (Å²) in [5.74, 6) is -0.966. The van der Waals surface area contributed by atoms with Gasteiger partial charge in [-0.2, -0.15) is 0 Å². The maximum atomic E-state index is 12.9. The summed E-state index contributed by atoms with van der Waals surface area (Å²) in [6.07, 6.45) is -5.56. The molecular weight excluding hydrogens is 199 g/mol. The summed E-state index contributed by atoms with van der Waals surface area (Å²) in [5.41, 5.74) is 3.57. The molecule has 0 aromatic carbocycles. The summed E-state index contributed by atoms with van der Waals surface area (Å²) in [5, 5.41) is 0. The van der Waals surface area contributed by atoms with Crippen LogP contribution in [-0.4, -0.2) is 26.6 Å². The van der Waals surface area contributed by atoms with Crippen molar-refractivity contribution in [2.45, 2.75) is 37.8 Å². The van der Waals surface area contributed by atoms with Crippen LogP contribution in [0.5, 0.6) is 0 Å². The van der Waals surface area contributed by atoms with Crippen LogP contribution in [0.4, 0.5) is 13.2 Å². The summed E-state index contributed by atoms with van der Waals surface area (Å²) in [4.78, 5) is 10.8. The highest BCUT2D eigenvalue weighted by Gasteiger charge is 2.42. The maximum absolute atomic E-state index is 12.9. The van der Waals surface area contributed by atoms with Crippen LogP contribution in [0.15, 0.2) is 0 Å². The second kappa shape index (κ2) is 4.12. The molecule has 78 valence electrons. The quantitative estimate of drug-likeness (QED) is 0.711. The number of hydrogen-bond donors (Lipinski definition) is 1. The van der Waals surface area contributed by atoms with Gasteiger partial charge in [0.05, 0.1) is 13.6 Å². The molecular formula is C7H14F3NOSi. The van der Waals surface area contributed by atoms with Gasteiger partial charge in [0.25, 0.3) is 6.43 Å². The van der Waals surface area contributed by atoms with Crippen molar-refractivity contribution in [3.05, 3.63) is 0 Å². The summed E-state index contributed by atoms with van der Waals surface area (Å²) in [6, 6.07) is 0. The summed E-state index contributed by atoms with van der Waals surface area (Å²) in [6.45, 7) is 4.91. The van der Waals surface area contributed by atoms with Gasteiger partial charge in [-0.1, -0.05) is 19.6 Å². The van der Waals surface area contributed by atoms with E-state index < -0.39 is 32.1 Å². The van der Waals surface area contributed by atoms with Crippen LogP contribution < -0.4 is 5.73 Å². The monoisotopic (exact) mass is 213 g/mol. The van der Waals surface area contributed by atoms with E-state index in [1.54, 1.807) is 19.6 Å². The van der Waals surface area contributed by atoms with Gasteiger partial charge in [0, 0.05) is 0 Å².